The number of aliphatic imine (C=N–C) groups is 1. The van der Waals surface area contributed by atoms with Gasteiger partial charge in [0.2, 0.25) is 0 Å². The molecule has 2 rings (SSSR count). The van der Waals surface area contributed by atoms with Crippen molar-refractivity contribution in [2.75, 3.05) is 34.3 Å². The lowest BCUT2D eigenvalue weighted by Gasteiger charge is -2.21. The van der Waals surface area contributed by atoms with Gasteiger partial charge in [-0.2, -0.15) is 0 Å². The van der Waals surface area contributed by atoms with Crippen LogP contribution in [-0.2, 0) is 12.8 Å². The van der Waals surface area contributed by atoms with E-state index >= 15 is 0 Å². The molecule has 0 fully saturated rings. The minimum absolute atomic E-state index is 0.907. The lowest BCUT2D eigenvalue weighted by atomic mass is 10.1. The molecular weight excluding hydrogens is 318 g/mol. The smallest absolute Gasteiger partial charge is 0.193 e. The Labute approximate surface area is 149 Å². The second-order valence-corrected chi connectivity index (χ2v) is 6.71. The molecule has 130 valence electrons. The summed E-state index contributed by atoms with van der Waals surface area (Å²) in [6.07, 6.45) is 3.18. The first-order chi connectivity index (χ1) is 11.7. The summed E-state index contributed by atoms with van der Waals surface area (Å²) in [5.74, 6) is 1.87. The second kappa shape index (κ2) is 9.98. The molecule has 1 aromatic carbocycles. The van der Waals surface area contributed by atoms with E-state index in [0.29, 0.717) is 0 Å². The first-order valence-electron chi connectivity index (χ1n) is 8.30. The second-order valence-electron chi connectivity index (χ2n) is 5.68. The number of benzene rings is 1. The first kappa shape index (κ1) is 18.3. The normalized spacial score (nSPS) is 11.4. The highest BCUT2D eigenvalue weighted by atomic mass is 32.1. The quantitative estimate of drug-likeness (QED) is 0.452. The zero-order valence-corrected chi connectivity index (χ0v) is 15.6. The van der Waals surface area contributed by atoms with Crippen LogP contribution in [0.3, 0.4) is 0 Å². The van der Waals surface area contributed by atoms with E-state index in [0.717, 1.165) is 44.1 Å². The van der Waals surface area contributed by atoms with Gasteiger partial charge in [0.05, 0.1) is 7.11 Å². The number of nitrogens with zero attached hydrogens (tertiary/aromatic N) is 2. The molecule has 24 heavy (non-hydrogen) atoms. The van der Waals surface area contributed by atoms with Gasteiger partial charge >= 0.3 is 0 Å². The standard InChI is InChI=1S/C19H27N3OS/c1-20-19(22(2)14-12-18-7-5-15-24-18)21-13-4-6-16-8-10-17(23-3)11-9-16/h5,7-11,15H,4,6,12-14H2,1-3H3,(H,20,21). The van der Waals surface area contributed by atoms with Crippen LogP contribution >= 0.6 is 11.3 Å². The monoisotopic (exact) mass is 345 g/mol. The van der Waals surface area contributed by atoms with Crippen LogP contribution in [0, 0.1) is 0 Å². The van der Waals surface area contributed by atoms with Gasteiger partial charge in [-0.25, -0.2) is 0 Å². The Morgan fingerprint density at radius 1 is 1.21 bits per heavy atom. The van der Waals surface area contributed by atoms with Crippen molar-refractivity contribution in [3.8, 4) is 5.75 Å². The minimum Gasteiger partial charge on any atom is -0.497 e. The van der Waals surface area contributed by atoms with Crippen molar-refractivity contribution < 1.29 is 4.74 Å². The molecule has 0 aliphatic rings. The van der Waals surface area contributed by atoms with E-state index in [1.54, 1.807) is 7.11 Å². The summed E-state index contributed by atoms with van der Waals surface area (Å²) >= 11 is 1.81. The van der Waals surface area contributed by atoms with Crippen LogP contribution in [0.5, 0.6) is 5.75 Å². The molecule has 1 heterocycles. The Bertz CT molecular complexity index is 608. The number of hydrogen-bond acceptors (Lipinski definition) is 3. The summed E-state index contributed by atoms with van der Waals surface area (Å²) in [7, 11) is 5.62. The third-order valence-corrected chi connectivity index (χ3v) is 4.87. The van der Waals surface area contributed by atoms with E-state index < -0.39 is 0 Å². The maximum Gasteiger partial charge on any atom is 0.193 e. The molecule has 0 spiro atoms. The number of guanidine groups is 1. The minimum atomic E-state index is 0.907. The number of ether oxygens (including phenoxy) is 1. The summed E-state index contributed by atoms with van der Waals surface area (Å²) in [5.41, 5.74) is 1.33. The molecule has 0 saturated heterocycles. The van der Waals surface area contributed by atoms with Crippen LogP contribution in [0.25, 0.3) is 0 Å². The molecule has 0 unspecified atom stereocenters. The summed E-state index contributed by atoms with van der Waals surface area (Å²) in [4.78, 5) is 7.97. The van der Waals surface area contributed by atoms with E-state index in [1.807, 2.05) is 30.5 Å². The van der Waals surface area contributed by atoms with Gasteiger partial charge in [-0.3, -0.25) is 4.99 Å². The Balaban J connectivity index is 1.68. The average Bonchev–Trinajstić information content (AvgIpc) is 3.14. The summed E-state index contributed by atoms with van der Waals surface area (Å²) < 4.78 is 5.18. The van der Waals surface area contributed by atoms with Crippen LogP contribution in [0.1, 0.15) is 16.9 Å². The number of aryl methyl sites for hydroxylation is 1. The molecule has 4 nitrogen and oxygen atoms in total. The number of hydrogen-bond donors (Lipinski definition) is 1. The van der Waals surface area contributed by atoms with Gasteiger partial charge in [0.1, 0.15) is 5.75 Å². The number of thiophene rings is 1. The molecular formula is C19H27N3OS. The van der Waals surface area contributed by atoms with Crippen LogP contribution in [0.2, 0.25) is 0 Å². The fourth-order valence-corrected chi connectivity index (χ4v) is 3.21. The summed E-state index contributed by atoms with van der Waals surface area (Å²) in [6.45, 7) is 1.89. The molecule has 5 heteroatoms. The molecule has 0 atom stereocenters. The lowest BCUT2D eigenvalue weighted by Crippen LogP contribution is -2.40. The van der Waals surface area contributed by atoms with Crippen LogP contribution in [-0.4, -0.2) is 45.2 Å². The van der Waals surface area contributed by atoms with E-state index in [1.165, 1.54) is 10.4 Å². The van der Waals surface area contributed by atoms with Crippen molar-refractivity contribution in [1.29, 1.82) is 0 Å². The third-order valence-electron chi connectivity index (χ3n) is 3.93. The van der Waals surface area contributed by atoms with Gasteiger partial charge in [0, 0.05) is 32.1 Å². The van der Waals surface area contributed by atoms with Gasteiger partial charge < -0.3 is 15.0 Å². The number of methoxy groups -OCH3 is 1. The van der Waals surface area contributed by atoms with Crippen LogP contribution in [0.15, 0.2) is 46.8 Å². The molecule has 0 aliphatic carbocycles. The maximum absolute atomic E-state index is 5.18. The molecule has 0 aliphatic heterocycles. The number of likely N-dealkylation sites (N-methyl/N-ethyl adjacent to an activating group) is 1. The highest BCUT2D eigenvalue weighted by Crippen LogP contribution is 2.12. The van der Waals surface area contributed by atoms with Gasteiger partial charge in [0.25, 0.3) is 0 Å². The molecule has 1 aromatic heterocycles. The molecule has 1 N–H and O–H groups in total. The van der Waals surface area contributed by atoms with Crippen LogP contribution < -0.4 is 10.1 Å². The van der Waals surface area contributed by atoms with E-state index in [-0.39, 0.29) is 0 Å². The molecule has 0 radical (unpaired) electrons. The molecule has 0 saturated carbocycles. The van der Waals surface area contributed by atoms with Crippen LogP contribution in [0.4, 0.5) is 0 Å². The van der Waals surface area contributed by atoms with E-state index in [9.17, 15) is 0 Å². The number of rotatable bonds is 8. The summed E-state index contributed by atoms with van der Waals surface area (Å²) in [5, 5.41) is 5.57. The predicted octanol–water partition coefficient (Wildman–Crippen LogP) is 3.44. The van der Waals surface area contributed by atoms with Gasteiger partial charge in [-0.15, -0.1) is 11.3 Å². The molecule has 2 aromatic rings. The van der Waals surface area contributed by atoms with Crippen molar-refractivity contribution in [1.82, 2.24) is 10.2 Å². The third kappa shape index (κ3) is 5.89. The molecule has 0 bridgehead atoms. The highest BCUT2D eigenvalue weighted by molar-refractivity contribution is 7.09. The molecule has 0 amide bonds. The maximum atomic E-state index is 5.18. The Morgan fingerprint density at radius 3 is 2.62 bits per heavy atom. The first-order valence-corrected chi connectivity index (χ1v) is 9.18. The van der Waals surface area contributed by atoms with Crippen molar-refractivity contribution in [2.45, 2.75) is 19.3 Å². The zero-order valence-electron chi connectivity index (χ0n) is 14.8. The highest BCUT2D eigenvalue weighted by Gasteiger charge is 2.06. The van der Waals surface area contributed by atoms with Crippen molar-refractivity contribution in [2.24, 2.45) is 4.99 Å². The fraction of sp³-hybridized carbons (Fsp3) is 0.421. The van der Waals surface area contributed by atoms with E-state index in [4.69, 9.17) is 4.74 Å². The zero-order chi connectivity index (χ0) is 17.2. The van der Waals surface area contributed by atoms with E-state index in [2.05, 4.69) is 51.9 Å². The Morgan fingerprint density at radius 2 is 2.00 bits per heavy atom. The topological polar surface area (TPSA) is 36.9 Å². The van der Waals surface area contributed by atoms with Crippen molar-refractivity contribution in [3.63, 3.8) is 0 Å². The lowest BCUT2D eigenvalue weighted by molar-refractivity contribution is 0.414. The number of nitrogens with one attached hydrogen (secondary N) is 1. The van der Waals surface area contributed by atoms with Gasteiger partial charge in [0.15, 0.2) is 5.96 Å². The van der Waals surface area contributed by atoms with Gasteiger partial charge in [-0.1, -0.05) is 18.2 Å². The summed E-state index contributed by atoms with van der Waals surface area (Å²) in [6, 6.07) is 12.6. The van der Waals surface area contributed by atoms with Crippen molar-refractivity contribution in [3.05, 3.63) is 52.2 Å². The Hall–Kier alpha value is -2.01. The predicted molar refractivity (Wildman–Crippen MR) is 103 cm³/mol. The average molecular weight is 346 g/mol. The van der Waals surface area contributed by atoms with Crippen molar-refractivity contribution >= 4 is 17.3 Å². The largest absolute Gasteiger partial charge is 0.497 e. The fourth-order valence-electron chi connectivity index (χ4n) is 2.51. The van der Waals surface area contributed by atoms with Gasteiger partial charge in [-0.05, 0) is 48.4 Å². The SMILES string of the molecule is CN=C(NCCCc1ccc(OC)cc1)N(C)CCc1cccs1. The Kier molecular flexibility index (Phi) is 7.62.